The van der Waals surface area contributed by atoms with Crippen LogP contribution in [0.5, 0.6) is 0 Å². The molecule has 1 aromatic rings. The van der Waals surface area contributed by atoms with Crippen LogP contribution in [0.4, 0.5) is 0 Å². The summed E-state index contributed by atoms with van der Waals surface area (Å²) in [6.07, 6.45) is 8.36. The second kappa shape index (κ2) is 5.73. The summed E-state index contributed by atoms with van der Waals surface area (Å²) in [4.78, 5) is 0. The molecule has 1 aromatic heterocycles. The highest BCUT2D eigenvalue weighted by atomic mass is 16.3. The predicted octanol–water partition coefficient (Wildman–Crippen LogP) is 2.98. The maximum atomic E-state index is 10.4. The molecule has 3 rings (SSSR count). The molecular weight excluding hydrogens is 262 g/mol. The summed E-state index contributed by atoms with van der Waals surface area (Å²) >= 11 is 0. The van der Waals surface area contributed by atoms with Crippen molar-refractivity contribution in [3.63, 3.8) is 0 Å². The summed E-state index contributed by atoms with van der Waals surface area (Å²) < 4.78 is 2.16. The lowest BCUT2D eigenvalue weighted by Crippen LogP contribution is -2.36. The fraction of sp³-hybridized carbons (Fsp3) is 0.824. The topological polar surface area (TPSA) is 50.1 Å². The number of nitrogens with one attached hydrogen (secondary N) is 1. The number of aliphatic hydroxyl groups is 1. The van der Waals surface area contributed by atoms with Crippen LogP contribution in [0, 0.1) is 5.41 Å². The van der Waals surface area contributed by atoms with Crippen LogP contribution in [0.1, 0.15) is 76.2 Å². The summed E-state index contributed by atoms with van der Waals surface area (Å²) in [7, 11) is 0. The van der Waals surface area contributed by atoms with Crippen LogP contribution in [-0.4, -0.2) is 27.5 Å². The van der Waals surface area contributed by atoms with Gasteiger partial charge in [0.2, 0.25) is 0 Å². The Hall–Kier alpha value is -0.870. The van der Waals surface area contributed by atoms with Gasteiger partial charge in [-0.2, -0.15) is 5.10 Å². The van der Waals surface area contributed by atoms with E-state index in [4.69, 9.17) is 0 Å². The molecule has 0 amide bonds. The van der Waals surface area contributed by atoms with Gasteiger partial charge in [-0.25, -0.2) is 0 Å². The van der Waals surface area contributed by atoms with Crippen LogP contribution in [-0.2, 0) is 6.42 Å². The second-order valence-corrected chi connectivity index (χ2v) is 7.57. The zero-order valence-corrected chi connectivity index (χ0v) is 13.6. The van der Waals surface area contributed by atoms with Crippen molar-refractivity contribution in [2.75, 3.05) is 6.54 Å². The molecule has 0 spiro atoms. The van der Waals surface area contributed by atoms with Crippen molar-refractivity contribution in [3.05, 3.63) is 17.5 Å². The van der Waals surface area contributed by atoms with Crippen molar-refractivity contribution >= 4 is 0 Å². The molecule has 118 valence electrons. The molecule has 4 nitrogen and oxygen atoms in total. The first-order valence-corrected chi connectivity index (χ1v) is 8.49. The van der Waals surface area contributed by atoms with Gasteiger partial charge >= 0.3 is 0 Å². The van der Waals surface area contributed by atoms with E-state index < -0.39 is 0 Å². The fourth-order valence-electron chi connectivity index (χ4n) is 4.15. The molecule has 0 aromatic carbocycles. The zero-order chi connectivity index (χ0) is 15.0. The summed E-state index contributed by atoms with van der Waals surface area (Å²) in [5, 5.41) is 18.7. The number of nitrogens with zero attached hydrogens (tertiary/aromatic N) is 2. The Morgan fingerprint density at radius 2 is 2.14 bits per heavy atom. The van der Waals surface area contributed by atoms with Gasteiger partial charge in [0.1, 0.15) is 0 Å². The zero-order valence-electron chi connectivity index (χ0n) is 13.6. The Bertz CT molecular complexity index is 494. The van der Waals surface area contributed by atoms with E-state index in [1.807, 2.05) is 6.20 Å². The summed E-state index contributed by atoms with van der Waals surface area (Å²) in [5.74, 6) is 0. The number of aromatic nitrogens is 2. The molecule has 3 unspecified atom stereocenters. The van der Waals surface area contributed by atoms with E-state index in [0.717, 1.165) is 38.6 Å². The lowest BCUT2D eigenvalue weighted by molar-refractivity contribution is 0.0662. The van der Waals surface area contributed by atoms with Crippen LogP contribution in [0.25, 0.3) is 0 Å². The van der Waals surface area contributed by atoms with E-state index >= 15 is 0 Å². The minimum atomic E-state index is -0.231. The molecule has 1 saturated carbocycles. The number of rotatable bonds is 3. The van der Waals surface area contributed by atoms with Crippen molar-refractivity contribution in [1.29, 1.82) is 0 Å². The number of hydrogen-bond acceptors (Lipinski definition) is 3. The molecule has 0 radical (unpaired) electrons. The minimum absolute atomic E-state index is 0.179. The first kappa shape index (κ1) is 15.0. The molecule has 1 fully saturated rings. The van der Waals surface area contributed by atoms with Gasteiger partial charge in [0, 0.05) is 17.3 Å². The Labute approximate surface area is 127 Å². The number of aliphatic hydroxyl groups excluding tert-OH is 1. The van der Waals surface area contributed by atoms with Gasteiger partial charge in [0.15, 0.2) is 0 Å². The lowest BCUT2D eigenvalue weighted by Gasteiger charge is -2.37. The average Bonchev–Trinajstić information content (AvgIpc) is 2.82. The SMILES string of the molecule is CCNC1CC(C)(C)Cc2c1cnn2C1CCCCC1O. The van der Waals surface area contributed by atoms with Crippen LogP contribution < -0.4 is 5.32 Å². The Morgan fingerprint density at radius 3 is 2.86 bits per heavy atom. The Kier molecular flexibility index (Phi) is 4.10. The van der Waals surface area contributed by atoms with Gasteiger partial charge in [0.25, 0.3) is 0 Å². The molecule has 3 atom stereocenters. The highest BCUT2D eigenvalue weighted by Crippen LogP contribution is 2.42. The van der Waals surface area contributed by atoms with Crippen LogP contribution in [0.3, 0.4) is 0 Å². The summed E-state index contributed by atoms with van der Waals surface area (Å²) in [5.41, 5.74) is 2.99. The van der Waals surface area contributed by atoms with E-state index in [1.165, 1.54) is 17.7 Å². The largest absolute Gasteiger partial charge is 0.391 e. The van der Waals surface area contributed by atoms with Gasteiger partial charge in [-0.15, -0.1) is 0 Å². The fourth-order valence-corrected chi connectivity index (χ4v) is 4.15. The molecule has 1 heterocycles. The van der Waals surface area contributed by atoms with E-state index in [1.54, 1.807) is 0 Å². The maximum Gasteiger partial charge on any atom is 0.0781 e. The summed E-state index contributed by atoms with van der Waals surface area (Å²) in [6.45, 7) is 7.83. The normalized spacial score (nSPS) is 31.9. The van der Waals surface area contributed by atoms with Crippen molar-refractivity contribution in [3.8, 4) is 0 Å². The summed E-state index contributed by atoms with van der Waals surface area (Å²) in [6, 6.07) is 0.585. The van der Waals surface area contributed by atoms with E-state index in [9.17, 15) is 5.11 Å². The van der Waals surface area contributed by atoms with Crippen molar-refractivity contribution in [2.45, 2.75) is 77.5 Å². The molecule has 2 N–H and O–H groups in total. The molecule has 2 aliphatic rings. The maximum absolute atomic E-state index is 10.4. The molecular formula is C17H29N3O. The third kappa shape index (κ3) is 2.88. The number of hydrogen-bond donors (Lipinski definition) is 2. The van der Waals surface area contributed by atoms with Gasteiger partial charge in [0.05, 0.1) is 18.3 Å². The molecule has 0 bridgehead atoms. The first-order chi connectivity index (χ1) is 10.0. The van der Waals surface area contributed by atoms with E-state index in [-0.39, 0.29) is 17.6 Å². The average molecular weight is 291 g/mol. The highest BCUT2D eigenvalue weighted by Gasteiger charge is 2.37. The van der Waals surface area contributed by atoms with Gasteiger partial charge in [-0.3, -0.25) is 4.68 Å². The van der Waals surface area contributed by atoms with Gasteiger partial charge in [-0.05, 0) is 37.6 Å². The smallest absolute Gasteiger partial charge is 0.0781 e. The third-order valence-corrected chi connectivity index (χ3v) is 5.17. The Morgan fingerprint density at radius 1 is 1.38 bits per heavy atom. The number of fused-ring (bicyclic) bond motifs is 1. The van der Waals surface area contributed by atoms with Gasteiger partial charge in [-0.1, -0.05) is 33.6 Å². The lowest BCUT2D eigenvalue weighted by atomic mass is 9.74. The van der Waals surface area contributed by atoms with Crippen LogP contribution >= 0.6 is 0 Å². The van der Waals surface area contributed by atoms with E-state index in [0.29, 0.717) is 6.04 Å². The highest BCUT2D eigenvalue weighted by molar-refractivity contribution is 5.27. The minimum Gasteiger partial charge on any atom is -0.391 e. The predicted molar refractivity (Wildman–Crippen MR) is 84.3 cm³/mol. The van der Waals surface area contributed by atoms with E-state index in [2.05, 4.69) is 35.9 Å². The first-order valence-electron chi connectivity index (χ1n) is 8.49. The molecule has 0 aliphatic heterocycles. The Balaban J connectivity index is 1.94. The van der Waals surface area contributed by atoms with Crippen molar-refractivity contribution in [2.24, 2.45) is 5.41 Å². The quantitative estimate of drug-likeness (QED) is 0.900. The molecule has 21 heavy (non-hydrogen) atoms. The molecule has 0 saturated heterocycles. The van der Waals surface area contributed by atoms with Crippen molar-refractivity contribution in [1.82, 2.24) is 15.1 Å². The molecule has 4 heteroatoms. The van der Waals surface area contributed by atoms with Crippen LogP contribution in [0.15, 0.2) is 6.20 Å². The standard InChI is InChI=1S/C17H29N3O/c1-4-18-13-9-17(2,3)10-15-12(13)11-19-20(15)14-7-5-6-8-16(14)21/h11,13-14,16,18,21H,4-10H2,1-3H3. The second-order valence-electron chi connectivity index (χ2n) is 7.57. The third-order valence-electron chi connectivity index (χ3n) is 5.17. The van der Waals surface area contributed by atoms with Crippen molar-refractivity contribution < 1.29 is 5.11 Å². The monoisotopic (exact) mass is 291 g/mol. The van der Waals surface area contributed by atoms with Gasteiger partial charge < -0.3 is 10.4 Å². The molecule has 2 aliphatic carbocycles. The van der Waals surface area contributed by atoms with Crippen LogP contribution in [0.2, 0.25) is 0 Å².